The van der Waals surface area contributed by atoms with E-state index in [1.165, 1.54) is 38.9 Å². The van der Waals surface area contributed by atoms with E-state index in [0.717, 1.165) is 83.5 Å². The van der Waals surface area contributed by atoms with E-state index in [9.17, 15) is 0 Å². The minimum Gasteiger partial charge on any atom is -0.261 e. The van der Waals surface area contributed by atoms with Gasteiger partial charge in [0.1, 0.15) is 0 Å². The van der Waals surface area contributed by atoms with Crippen LogP contribution in [0.5, 0.6) is 0 Å². The highest BCUT2D eigenvalue weighted by Crippen LogP contribution is 2.63. The topological polar surface area (TPSA) is 75.8 Å². The third kappa shape index (κ3) is 9.36. The van der Waals surface area contributed by atoms with Crippen molar-refractivity contribution in [2.45, 2.75) is 12.0 Å². The Hall–Kier alpha value is -11.3. The summed E-state index contributed by atoms with van der Waals surface area (Å²) in [5.74, 6) is 2.86. The smallest absolute Gasteiger partial charge is 0.164 e. The molecule has 0 aliphatic heterocycles. The molecule has 0 fully saturated rings. The van der Waals surface area contributed by atoms with Crippen LogP contribution in [0.15, 0.2) is 318 Å². The van der Waals surface area contributed by atoms with Gasteiger partial charge in [-0.25, -0.2) is 24.9 Å². The first-order chi connectivity index (χ1) is 42.5. The van der Waals surface area contributed by atoms with Crippen LogP contribution in [0.1, 0.15) is 38.9 Å². The number of benzene rings is 12. The molecule has 0 atom stereocenters. The monoisotopic (exact) mass is 1100 g/mol. The molecule has 6 nitrogen and oxygen atoms in total. The van der Waals surface area contributed by atoms with Crippen LogP contribution in [-0.2, 0) is 12.0 Å². The average Bonchev–Trinajstić information content (AvgIpc) is 2.41. The number of hydrogen-bond donors (Lipinski definition) is 0. The van der Waals surface area contributed by atoms with Gasteiger partial charge in [-0.3, -0.25) is 4.99 Å². The van der Waals surface area contributed by atoms with Crippen LogP contribution in [-0.4, -0.2) is 33.3 Å². The predicted octanol–water partition coefficient (Wildman–Crippen LogP) is 19.0. The molecule has 13 aromatic rings. The van der Waals surface area contributed by atoms with E-state index in [2.05, 4.69) is 291 Å². The van der Waals surface area contributed by atoms with Crippen LogP contribution in [0.3, 0.4) is 0 Å². The standard InChI is InChI=1S/C80H54N6/c1-81-75(62-39-31-58(32-40-62)54-18-6-2-7-19-54)83-76(63-41-33-59(34-42-63)55-20-8-3-9-21-55)82-52-53-30-48-69-70-49-47-66(51-74(70)80(73(69)50-53)71-28-16-14-26-67(71)68-27-15-17-29-72(68)80)79-85-77(64-43-35-60(36-44-64)56-22-10-4-11-23-56)84-78(86-79)65-45-37-61(38-46-65)57-24-12-5-13-25-57/h2-51H,1,52H2/b82-76-,83-75-. The summed E-state index contributed by atoms with van der Waals surface area (Å²) in [4.78, 5) is 31.1. The van der Waals surface area contributed by atoms with Gasteiger partial charge in [0.2, 0.25) is 0 Å². The van der Waals surface area contributed by atoms with Crippen molar-refractivity contribution in [3.05, 3.63) is 342 Å². The van der Waals surface area contributed by atoms with Crippen LogP contribution in [0.25, 0.3) is 101 Å². The Morgan fingerprint density at radius 3 is 1.06 bits per heavy atom. The van der Waals surface area contributed by atoms with Crippen molar-refractivity contribution in [3.8, 4) is 101 Å². The van der Waals surface area contributed by atoms with Crippen molar-refractivity contribution in [2.75, 3.05) is 0 Å². The van der Waals surface area contributed by atoms with Gasteiger partial charge < -0.3 is 0 Å². The lowest BCUT2D eigenvalue weighted by atomic mass is 9.70. The molecular formula is C80H54N6. The minimum absolute atomic E-state index is 0.361. The first-order valence-corrected chi connectivity index (χ1v) is 29.0. The van der Waals surface area contributed by atoms with Crippen LogP contribution >= 0.6 is 0 Å². The van der Waals surface area contributed by atoms with E-state index in [1.54, 1.807) is 0 Å². The summed E-state index contributed by atoms with van der Waals surface area (Å²) in [7, 11) is 0. The molecule has 0 saturated heterocycles. The minimum atomic E-state index is -0.674. The average molecular weight is 1100 g/mol. The number of hydrogen-bond acceptors (Lipinski definition) is 4. The molecule has 0 N–H and O–H groups in total. The molecule has 0 bridgehead atoms. The lowest BCUT2D eigenvalue weighted by molar-refractivity contribution is 0.791. The van der Waals surface area contributed by atoms with Crippen LogP contribution in [0, 0.1) is 0 Å². The molecular weight excluding hydrogens is 1040 g/mol. The second-order valence-electron chi connectivity index (χ2n) is 21.8. The fourth-order valence-electron chi connectivity index (χ4n) is 12.6. The Morgan fingerprint density at radius 1 is 0.291 bits per heavy atom. The van der Waals surface area contributed by atoms with Crippen molar-refractivity contribution < 1.29 is 0 Å². The largest absolute Gasteiger partial charge is 0.261 e. The Bertz CT molecular complexity index is 4580. The number of rotatable bonds is 11. The second-order valence-corrected chi connectivity index (χ2v) is 21.8. The third-order valence-electron chi connectivity index (χ3n) is 16.8. The maximum absolute atomic E-state index is 5.40. The molecule has 0 unspecified atom stereocenters. The Kier molecular flexibility index (Phi) is 13.2. The summed E-state index contributed by atoms with van der Waals surface area (Å²) >= 11 is 0. The number of aliphatic imine (C=N–C) groups is 3. The van der Waals surface area contributed by atoms with Gasteiger partial charge >= 0.3 is 0 Å². The highest BCUT2D eigenvalue weighted by atomic mass is 15.0. The van der Waals surface area contributed by atoms with Crippen molar-refractivity contribution in [3.63, 3.8) is 0 Å². The summed E-state index contributed by atoms with van der Waals surface area (Å²) in [6.07, 6.45) is 0. The van der Waals surface area contributed by atoms with E-state index in [-0.39, 0.29) is 0 Å². The van der Waals surface area contributed by atoms with Gasteiger partial charge in [0, 0.05) is 27.8 Å². The molecule has 6 heteroatoms. The Balaban J connectivity index is 0.853. The number of fused-ring (bicyclic) bond motifs is 10. The van der Waals surface area contributed by atoms with Crippen molar-refractivity contribution >= 4 is 18.4 Å². The quantitative estimate of drug-likeness (QED) is 0.0956. The fourth-order valence-corrected chi connectivity index (χ4v) is 12.6. The molecule has 15 rings (SSSR count). The molecule has 1 spiro atoms. The zero-order valence-corrected chi connectivity index (χ0v) is 47.0. The maximum Gasteiger partial charge on any atom is 0.164 e. The molecule has 86 heavy (non-hydrogen) atoms. The lowest BCUT2D eigenvalue weighted by Gasteiger charge is -2.31. The van der Waals surface area contributed by atoms with E-state index in [4.69, 9.17) is 24.9 Å². The molecule has 404 valence electrons. The molecule has 0 saturated carbocycles. The van der Waals surface area contributed by atoms with E-state index in [1.807, 2.05) is 24.3 Å². The van der Waals surface area contributed by atoms with Gasteiger partial charge in [-0.2, -0.15) is 0 Å². The normalized spacial score (nSPS) is 12.7. The lowest BCUT2D eigenvalue weighted by Crippen LogP contribution is -2.26. The van der Waals surface area contributed by atoms with Gasteiger partial charge in [0.05, 0.1) is 12.0 Å². The van der Waals surface area contributed by atoms with Crippen LogP contribution < -0.4 is 0 Å². The fraction of sp³-hybridized carbons (Fsp3) is 0.0250. The molecule has 2 aliphatic rings. The zero-order chi connectivity index (χ0) is 57.4. The summed E-state index contributed by atoms with van der Waals surface area (Å²) in [6.45, 7) is 4.37. The van der Waals surface area contributed by atoms with Gasteiger partial charge in [-0.15, -0.1) is 0 Å². The third-order valence-corrected chi connectivity index (χ3v) is 16.8. The van der Waals surface area contributed by atoms with Crippen molar-refractivity contribution in [1.29, 1.82) is 0 Å². The van der Waals surface area contributed by atoms with E-state index >= 15 is 0 Å². The van der Waals surface area contributed by atoms with Gasteiger partial charge in [0.15, 0.2) is 29.1 Å². The maximum atomic E-state index is 5.40. The molecule has 1 aromatic heterocycles. The molecule has 0 radical (unpaired) electrons. The van der Waals surface area contributed by atoms with Crippen LogP contribution in [0.4, 0.5) is 0 Å². The Morgan fingerprint density at radius 2 is 0.616 bits per heavy atom. The first-order valence-electron chi connectivity index (χ1n) is 29.0. The van der Waals surface area contributed by atoms with Gasteiger partial charge in [-0.05, 0) is 107 Å². The summed E-state index contributed by atoms with van der Waals surface area (Å²) in [5, 5.41) is 0. The number of amidine groups is 2. The second kappa shape index (κ2) is 22.1. The Labute approximate surface area is 500 Å². The zero-order valence-electron chi connectivity index (χ0n) is 47.0. The number of nitrogens with zero attached hydrogens (tertiary/aromatic N) is 6. The molecule has 1 heterocycles. The highest BCUT2D eigenvalue weighted by molar-refractivity contribution is 6.13. The number of aromatic nitrogens is 3. The molecule has 2 aliphatic carbocycles. The SMILES string of the molecule is C=N/C(=N\C(=N/Cc1ccc2c(c1)C1(c3ccccc3-c3ccccc31)c1cc(-c3nc(-c4ccc(-c5ccccc5)cc4)nc(-c4ccc(-c5ccccc5)cc4)n3)ccc1-2)c1ccc(-c2ccccc2)cc1)c1ccc(-c2ccccc2)cc1. The van der Waals surface area contributed by atoms with Crippen molar-refractivity contribution in [1.82, 2.24) is 15.0 Å². The highest BCUT2D eigenvalue weighted by Gasteiger charge is 2.51. The predicted molar refractivity (Wildman–Crippen MR) is 353 cm³/mol. The van der Waals surface area contributed by atoms with Crippen LogP contribution in [0.2, 0.25) is 0 Å². The van der Waals surface area contributed by atoms with E-state index in [0.29, 0.717) is 35.7 Å². The first kappa shape index (κ1) is 51.5. The summed E-state index contributed by atoms with van der Waals surface area (Å²) in [5.41, 5.74) is 23.5. The van der Waals surface area contributed by atoms with Gasteiger partial charge in [0.25, 0.3) is 0 Å². The van der Waals surface area contributed by atoms with Crippen molar-refractivity contribution in [2.24, 2.45) is 15.0 Å². The molecule has 12 aromatic carbocycles. The van der Waals surface area contributed by atoms with Gasteiger partial charge in [-0.1, -0.05) is 297 Å². The van der Waals surface area contributed by atoms with E-state index < -0.39 is 5.41 Å². The summed E-state index contributed by atoms with van der Waals surface area (Å²) < 4.78 is 0. The summed E-state index contributed by atoms with van der Waals surface area (Å²) in [6, 6.07) is 107. The molecule has 0 amide bonds.